The third kappa shape index (κ3) is 3.54. The lowest BCUT2D eigenvalue weighted by Crippen LogP contribution is -2.43. The molecule has 1 unspecified atom stereocenters. The van der Waals surface area contributed by atoms with Gasteiger partial charge in [-0.05, 0) is 42.7 Å². The molecule has 0 saturated heterocycles. The van der Waals surface area contributed by atoms with Crippen LogP contribution in [0, 0.1) is 0 Å². The summed E-state index contributed by atoms with van der Waals surface area (Å²) >= 11 is 12.0. The Hall–Kier alpha value is -2.30. The van der Waals surface area contributed by atoms with Crippen molar-refractivity contribution in [3.63, 3.8) is 0 Å². The van der Waals surface area contributed by atoms with Crippen molar-refractivity contribution in [2.24, 2.45) is 0 Å². The molecule has 1 heterocycles. The van der Waals surface area contributed by atoms with Gasteiger partial charge >= 0.3 is 0 Å². The maximum Gasteiger partial charge on any atom is 0.255 e. The summed E-state index contributed by atoms with van der Waals surface area (Å²) in [5.41, 5.74) is 3.25. The summed E-state index contributed by atoms with van der Waals surface area (Å²) in [4.78, 5) is 27.0. The van der Waals surface area contributed by atoms with E-state index in [-0.39, 0.29) is 17.7 Å². The smallest absolute Gasteiger partial charge is 0.255 e. The highest BCUT2D eigenvalue weighted by molar-refractivity contribution is 6.42. The zero-order valence-corrected chi connectivity index (χ0v) is 16.7. The molecule has 1 saturated carbocycles. The van der Waals surface area contributed by atoms with E-state index >= 15 is 0 Å². The minimum absolute atomic E-state index is 0.0654. The standard InChI is InChI=1S/C22H19Cl2NO3/c1-13-5-8-19(20(26)9-13)25-11-16-15(22(25)27)3-2-4-21(16)28-12-14-6-7-17(23)18(24)10-14/h2-4,6-7,10,19H,1,5,8-9,11-12H2. The van der Waals surface area contributed by atoms with Crippen LogP contribution in [-0.4, -0.2) is 22.6 Å². The first kappa shape index (κ1) is 19.0. The van der Waals surface area contributed by atoms with Crippen LogP contribution in [-0.2, 0) is 17.9 Å². The van der Waals surface area contributed by atoms with E-state index in [0.717, 1.165) is 23.1 Å². The molecular formula is C22H19Cl2NO3. The molecule has 0 aromatic heterocycles. The highest BCUT2D eigenvalue weighted by atomic mass is 35.5. The molecule has 2 aromatic carbocycles. The number of halogens is 2. The van der Waals surface area contributed by atoms with E-state index in [1.54, 1.807) is 29.2 Å². The maximum atomic E-state index is 12.9. The first-order chi connectivity index (χ1) is 13.4. The predicted molar refractivity (Wildman–Crippen MR) is 109 cm³/mol. The SMILES string of the molecule is C=C1CCC(N2Cc3c(OCc4ccc(Cl)c(Cl)c4)cccc3C2=O)C(=O)C1. The van der Waals surface area contributed by atoms with E-state index in [1.165, 1.54) is 0 Å². The number of rotatable bonds is 4. The Morgan fingerprint density at radius 2 is 1.96 bits per heavy atom. The van der Waals surface area contributed by atoms with E-state index in [0.29, 0.717) is 47.4 Å². The van der Waals surface area contributed by atoms with Gasteiger partial charge in [0, 0.05) is 17.5 Å². The third-order valence-corrected chi connectivity index (χ3v) is 6.01. The molecule has 4 rings (SSSR count). The monoisotopic (exact) mass is 415 g/mol. The van der Waals surface area contributed by atoms with Gasteiger partial charge in [0.15, 0.2) is 5.78 Å². The zero-order valence-electron chi connectivity index (χ0n) is 15.2. The maximum absolute atomic E-state index is 12.9. The number of hydrogen-bond acceptors (Lipinski definition) is 3. The molecule has 0 radical (unpaired) electrons. The number of amides is 1. The van der Waals surface area contributed by atoms with Crippen LogP contribution < -0.4 is 4.74 Å². The van der Waals surface area contributed by atoms with Crippen molar-refractivity contribution in [1.82, 2.24) is 4.90 Å². The quantitative estimate of drug-likeness (QED) is 0.644. The van der Waals surface area contributed by atoms with Gasteiger partial charge in [-0.15, -0.1) is 0 Å². The number of fused-ring (bicyclic) bond motifs is 1. The Balaban J connectivity index is 1.53. The molecule has 2 aliphatic rings. The summed E-state index contributed by atoms with van der Waals surface area (Å²) < 4.78 is 5.98. The summed E-state index contributed by atoms with van der Waals surface area (Å²) in [6, 6.07) is 10.4. The van der Waals surface area contributed by atoms with Crippen molar-refractivity contribution in [1.29, 1.82) is 0 Å². The van der Waals surface area contributed by atoms with Crippen LogP contribution in [0.3, 0.4) is 0 Å². The molecule has 1 aliphatic carbocycles. The molecule has 1 atom stereocenters. The minimum atomic E-state index is -0.381. The van der Waals surface area contributed by atoms with Gasteiger partial charge in [0.1, 0.15) is 12.4 Å². The van der Waals surface area contributed by atoms with Crippen LogP contribution in [0.25, 0.3) is 0 Å². The fourth-order valence-corrected chi connectivity index (χ4v) is 4.11. The number of carbonyl (C=O) groups excluding carboxylic acids is 2. The largest absolute Gasteiger partial charge is 0.489 e. The fraction of sp³-hybridized carbons (Fsp3) is 0.273. The fourth-order valence-electron chi connectivity index (χ4n) is 3.79. The van der Waals surface area contributed by atoms with Crippen LogP contribution in [0.5, 0.6) is 5.75 Å². The number of ketones is 1. The first-order valence-electron chi connectivity index (χ1n) is 9.13. The number of benzene rings is 2. The Labute approximate surface area is 173 Å². The third-order valence-electron chi connectivity index (χ3n) is 5.27. The highest BCUT2D eigenvalue weighted by Gasteiger charge is 2.38. The number of hydrogen-bond donors (Lipinski definition) is 0. The number of allylic oxidation sites excluding steroid dienone is 1. The van der Waals surface area contributed by atoms with Crippen LogP contribution in [0.2, 0.25) is 10.0 Å². The van der Waals surface area contributed by atoms with Crippen molar-refractivity contribution in [2.45, 2.75) is 38.5 Å². The Morgan fingerprint density at radius 3 is 2.71 bits per heavy atom. The second kappa shape index (κ2) is 7.61. The molecule has 0 N–H and O–H groups in total. The van der Waals surface area contributed by atoms with Gasteiger partial charge < -0.3 is 9.64 Å². The zero-order chi connectivity index (χ0) is 19.8. The first-order valence-corrected chi connectivity index (χ1v) is 9.88. The van der Waals surface area contributed by atoms with Crippen molar-refractivity contribution in [2.75, 3.05) is 0 Å². The van der Waals surface area contributed by atoms with Crippen molar-refractivity contribution in [3.8, 4) is 5.75 Å². The van der Waals surface area contributed by atoms with Gasteiger partial charge in [-0.25, -0.2) is 0 Å². The van der Waals surface area contributed by atoms with Crippen LogP contribution in [0.4, 0.5) is 0 Å². The molecule has 144 valence electrons. The van der Waals surface area contributed by atoms with Gasteiger partial charge in [0.2, 0.25) is 0 Å². The van der Waals surface area contributed by atoms with E-state index in [9.17, 15) is 9.59 Å². The lowest BCUT2D eigenvalue weighted by molar-refractivity contribution is -0.124. The number of Topliss-reactive ketones (excluding diaryl/α,β-unsaturated/α-hetero) is 1. The Kier molecular flexibility index (Phi) is 5.17. The summed E-state index contributed by atoms with van der Waals surface area (Å²) in [5.74, 6) is 0.601. The van der Waals surface area contributed by atoms with Gasteiger partial charge in [-0.3, -0.25) is 9.59 Å². The normalized spacial score (nSPS) is 19.1. The van der Waals surface area contributed by atoms with Gasteiger partial charge in [-0.1, -0.05) is 47.5 Å². The number of ether oxygens (including phenoxy) is 1. The van der Waals surface area contributed by atoms with E-state index in [1.807, 2.05) is 12.1 Å². The highest BCUT2D eigenvalue weighted by Crippen LogP contribution is 2.35. The molecule has 1 amide bonds. The molecule has 1 fully saturated rings. The van der Waals surface area contributed by atoms with E-state index in [4.69, 9.17) is 27.9 Å². The molecule has 4 nitrogen and oxygen atoms in total. The van der Waals surface area contributed by atoms with Gasteiger partial charge in [-0.2, -0.15) is 0 Å². The average Bonchev–Trinajstić information content (AvgIpc) is 3.00. The number of carbonyl (C=O) groups is 2. The van der Waals surface area contributed by atoms with E-state index in [2.05, 4.69) is 6.58 Å². The lowest BCUT2D eigenvalue weighted by atomic mass is 9.90. The predicted octanol–water partition coefficient (Wildman–Crippen LogP) is 5.21. The molecular weight excluding hydrogens is 397 g/mol. The summed E-state index contributed by atoms with van der Waals surface area (Å²) in [7, 11) is 0. The topological polar surface area (TPSA) is 46.6 Å². The van der Waals surface area contributed by atoms with Crippen molar-refractivity contribution in [3.05, 3.63) is 75.3 Å². The van der Waals surface area contributed by atoms with E-state index < -0.39 is 0 Å². The second-order valence-corrected chi connectivity index (χ2v) is 8.01. The van der Waals surface area contributed by atoms with Crippen LogP contribution in [0.1, 0.15) is 40.7 Å². The summed E-state index contributed by atoms with van der Waals surface area (Å²) in [6.07, 6.45) is 1.76. The van der Waals surface area contributed by atoms with Crippen molar-refractivity contribution < 1.29 is 14.3 Å². The summed E-state index contributed by atoms with van der Waals surface area (Å²) in [6.45, 7) is 4.59. The molecule has 2 aromatic rings. The van der Waals surface area contributed by atoms with Crippen molar-refractivity contribution >= 4 is 34.9 Å². The molecule has 0 spiro atoms. The molecule has 6 heteroatoms. The summed E-state index contributed by atoms with van der Waals surface area (Å²) in [5, 5.41) is 0.965. The average molecular weight is 416 g/mol. The van der Waals surface area contributed by atoms with Gasteiger partial charge in [0.25, 0.3) is 5.91 Å². The minimum Gasteiger partial charge on any atom is -0.489 e. The van der Waals surface area contributed by atoms with Crippen LogP contribution in [0.15, 0.2) is 48.6 Å². The van der Waals surface area contributed by atoms with Gasteiger partial charge in [0.05, 0.1) is 22.6 Å². The molecule has 1 aliphatic heterocycles. The molecule has 28 heavy (non-hydrogen) atoms. The molecule has 0 bridgehead atoms. The van der Waals surface area contributed by atoms with Crippen LogP contribution >= 0.6 is 23.2 Å². The number of nitrogens with zero attached hydrogens (tertiary/aromatic N) is 1. The second-order valence-electron chi connectivity index (χ2n) is 7.20. The lowest BCUT2D eigenvalue weighted by Gasteiger charge is -2.30. The Bertz CT molecular complexity index is 986. The Morgan fingerprint density at radius 1 is 1.14 bits per heavy atom.